The van der Waals surface area contributed by atoms with Crippen LogP contribution in [0.1, 0.15) is 38.2 Å². The molecular weight excluding hydrogens is 434 g/mol. The molecule has 2 saturated heterocycles. The minimum absolute atomic E-state index is 0.262. The van der Waals surface area contributed by atoms with Gasteiger partial charge >= 0.3 is 12.1 Å². The van der Waals surface area contributed by atoms with Crippen LogP contribution in [0, 0.1) is 6.92 Å². The van der Waals surface area contributed by atoms with Gasteiger partial charge in [-0.2, -0.15) is 0 Å². The summed E-state index contributed by atoms with van der Waals surface area (Å²) in [5, 5.41) is 6.22. The number of anilines is 1. The van der Waals surface area contributed by atoms with Crippen LogP contribution in [-0.4, -0.2) is 76.3 Å². The average Bonchev–Trinajstić information content (AvgIpc) is 3.34. The van der Waals surface area contributed by atoms with Gasteiger partial charge in [-0.05, 0) is 44.4 Å². The van der Waals surface area contributed by atoms with Gasteiger partial charge in [-0.1, -0.05) is 30.5 Å². The van der Waals surface area contributed by atoms with Crippen LogP contribution in [0.5, 0.6) is 0 Å². The van der Waals surface area contributed by atoms with E-state index in [1.807, 2.05) is 13.0 Å². The van der Waals surface area contributed by atoms with Crippen LogP contribution in [0.15, 0.2) is 18.2 Å². The van der Waals surface area contributed by atoms with E-state index in [9.17, 15) is 19.2 Å². The number of rotatable bonds is 3. The summed E-state index contributed by atoms with van der Waals surface area (Å²) in [4.78, 5) is 55.3. The molecule has 3 fully saturated rings. The lowest BCUT2D eigenvalue weighted by Crippen LogP contribution is -2.57. The summed E-state index contributed by atoms with van der Waals surface area (Å²) in [6.07, 6.45) is 3.02. The van der Waals surface area contributed by atoms with Crippen molar-refractivity contribution < 1.29 is 19.2 Å². The molecule has 0 aromatic heterocycles. The van der Waals surface area contributed by atoms with Gasteiger partial charge in [0.2, 0.25) is 5.91 Å². The maximum absolute atomic E-state index is 13.0. The van der Waals surface area contributed by atoms with E-state index < -0.39 is 17.6 Å². The number of imide groups is 1. The highest BCUT2D eigenvalue weighted by Crippen LogP contribution is 2.36. The fourth-order valence-electron chi connectivity index (χ4n) is 4.69. The van der Waals surface area contributed by atoms with E-state index in [-0.39, 0.29) is 17.8 Å². The minimum atomic E-state index is -0.877. The van der Waals surface area contributed by atoms with E-state index in [0.717, 1.165) is 23.3 Å². The summed E-state index contributed by atoms with van der Waals surface area (Å²) in [5.74, 6) is -0.579. The van der Waals surface area contributed by atoms with Gasteiger partial charge in [-0.15, -0.1) is 0 Å². The van der Waals surface area contributed by atoms with Crippen molar-refractivity contribution in [1.29, 1.82) is 0 Å². The molecule has 1 aromatic rings. The number of urea groups is 2. The predicted molar refractivity (Wildman–Crippen MR) is 119 cm³/mol. The highest BCUT2D eigenvalue weighted by molar-refractivity contribution is 6.31. The number of carbonyl (C=O) groups excluding carboxylic acids is 4. The van der Waals surface area contributed by atoms with E-state index in [1.54, 1.807) is 28.9 Å². The summed E-state index contributed by atoms with van der Waals surface area (Å²) >= 11 is 6.12. The smallest absolute Gasteiger partial charge is 0.325 e. The van der Waals surface area contributed by atoms with E-state index in [0.29, 0.717) is 49.7 Å². The second-order valence-electron chi connectivity index (χ2n) is 8.78. The van der Waals surface area contributed by atoms with Crippen LogP contribution < -0.4 is 10.6 Å². The van der Waals surface area contributed by atoms with Crippen LogP contribution in [0.2, 0.25) is 5.02 Å². The van der Waals surface area contributed by atoms with E-state index in [2.05, 4.69) is 10.6 Å². The van der Waals surface area contributed by atoms with Crippen molar-refractivity contribution in [3.05, 3.63) is 28.8 Å². The molecule has 1 aromatic carbocycles. The zero-order valence-electron chi connectivity index (χ0n) is 18.3. The Labute approximate surface area is 192 Å². The largest absolute Gasteiger partial charge is 0.337 e. The number of piperazine rings is 1. The molecule has 6 amide bonds. The Kier molecular flexibility index (Phi) is 6.03. The highest BCUT2D eigenvalue weighted by Gasteiger charge is 2.54. The third-order valence-corrected chi connectivity index (χ3v) is 7.10. The summed E-state index contributed by atoms with van der Waals surface area (Å²) in [5.41, 5.74) is 0.702. The van der Waals surface area contributed by atoms with Crippen LogP contribution in [-0.2, 0) is 9.59 Å². The quantitative estimate of drug-likeness (QED) is 0.675. The Bertz CT molecular complexity index is 954. The molecule has 2 N–H and O–H groups in total. The summed E-state index contributed by atoms with van der Waals surface area (Å²) in [6, 6.07) is 3.69. The molecule has 9 nitrogen and oxygen atoms in total. The van der Waals surface area contributed by atoms with Gasteiger partial charge in [-0.25, -0.2) is 14.5 Å². The Morgan fingerprint density at radius 1 is 1.09 bits per heavy atom. The van der Waals surface area contributed by atoms with Gasteiger partial charge in [0.15, 0.2) is 0 Å². The number of aryl methyl sites for hydroxylation is 1. The van der Waals surface area contributed by atoms with Crippen molar-refractivity contribution in [2.75, 3.05) is 31.5 Å². The first-order chi connectivity index (χ1) is 15.2. The van der Waals surface area contributed by atoms with Crippen LogP contribution >= 0.6 is 11.6 Å². The zero-order chi connectivity index (χ0) is 23.0. The van der Waals surface area contributed by atoms with Crippen LogP contribution in [0.25, 0.3) is 0 Å². The Morgan fingerprint density at radius 2 is 1.72 bits per heavy atom. The third-order valence-electron chi connectivity index (χ3n) is 6.70. The fourth-order valence-corrected chi connectivity index (χ4v) is 4.87. The molecule has 1 spiro atoms. The second-order valence-corrected chi connectivity index (χ2v) is 9.18. The molecule has 10 heteroatoms. The first kappa shape index (κ1) is 22.4. The van der Waals surface area contributed by atoms with Gasteiger partial charge in [-0.3, -0.25) is 9.59 Å². The van der Waals surface area contributed by atoms with Gasteiger partial charge in [0.05, 0.1) is 0 Å². The van der Waals surface area contributed by atoms with Crippen LogP contribution in [0.4, 0.5) is 15.3 Å². The van der Waals surface area contributed by atoms with Crippen LogP contribution in [0.3, 0.4) is 0 Å². The molecular formula is C22H28ClN5O4. The lowest BCUT2D eigenvalue weighted by Gasteiger charge is -2.37. The van der Waals surface area contributed by atoms with Crippen molar-refractivity contribution in [2.24, 2.45) is 0 Å². The Balaban J connectivity index is 1.33. The molecule has 2 aliphatic heterocycles. The third kappa shape index (κ3) is 4.01. The topological polar surface area (TPSA) is 102 Å². The molecule has 1 aliphatic carbocycles. The molecule has 0 radical (unpaired) electrons. The number of hydrogen-bond donors (Lipinski definition) is 2. The van der Waals surface area contributed by atoms with Gasteiger partial charge in [0.1, 0.15) is 11.6 Å². The predicted octanol–water partition coefficient (Wildman–Crippen LogP) is 2.58. The van der Waals surface area contributed by atoms with E-state index in [4.69, 9.17) is 11.6 Å². The lowest BCUT2D eigenvalue weighted by atomic mass is 9.97. The molecule has 4 rings (SSSR count). The van der Waals surface area contributed by atoms with E-state index in [1.165, 1.54) is 0 Å². The lowest BCUT2D eigenvalue weighted by molar-refractivity contribution is -0.143. The second kappa shape index (κ2) is 8.61. The summed E-state index contributed by atoms with van der Waals surface area (Å²) in [7, 11) is 0. The Hall–Kier alpha value is -2.81. The highest BCUT2D eigenvalue weighted by atomic mass is 35.5. The molecule has 1 unspecified atom stereocenters. The number of hydrogen-bond acceptors (Lipinski definition) is 4. The molecule has 172 valence electrons. The number of nitrogens with one attached hydrogen (secondary N) is 2. The maximum Gasteiger partial charge on any atom is 0.325 e. The molecule has 2 heterocycles. The molecule has 0 bridgehead atoms. The number of carbonyl (C=O) groups is 4. The normalized spacial score (nSPS) is 21.2. The average molecular weight is 462 g/mol. The summed E-state index contributed by atoms with van der Waals surface area (Å²) in [6.45, 7) is 4.86. The number of nitrogens with zero attached hydrogens (tertiary/aromatic N) is 3. The van der Waals surface area contributed by atoms with Gasteiger partial charge in [0.25, 0.3) is 5.91 Å². The monoisotopic (exact) mass is 461 g/mol. The first-order valence-electron chi connectivity index (χ1n) is 11.0. The minimum Gasteiger partial charge on any atom is -0.337 e. The maximum atomic E-state index is 13.0. The molecule has 3 aliphatic rings. The zero-order valence-corrected chi connectivity index (χ0v) is 19.1. The van der Waals surface area contributed by atoms with Gasteiger partial charge in [0, 0.05) is 36.9 Å². The Morgan fingerprint density at radius 3 is 2.34 bits per heavy atom. The molecule has 1 saturated carbocycles. The van der Waals surface area contributed by atoms with Gasteiger partial charge < -0.3 is 20.4 Å². The van der Waals surface area contributed by atoms with Crippen molar-refractivity contribution in [2.45, 2.75) is 51.1 Å². The molecule has 32 heavy (non-hydrogen) atoms. The standard InChI is InChI=1S/C22H28ClN5O4/c1-14-5-6-16(13-17(14)23)24-20(31)27-11-9-26(10-12-27)18(29)15(2)28-19(30)22(25-21(28)32)7-3-4-8-22/h5-6,13,15H,3-4,7-12H2,1-2H3,(H,24,31)(H,25,32). The number of benzene rings is 1. The summed E-state index contributed by atoms with van der Waals surface area (Å²) < 4.78 is 0. The first-order valence-corrected chi connectivity index (χ1v) is 11.4. The van der Waals surface area contributed by atoms with Crippen molar-refractivity contribution >= 4 is 41.2 Å². The molecule has 1 atom stereocenters. The number of amides is 6. The number of halogens is 1. The van der Waals surface area contributed by atoms with Crippen molar-refractivity contribution in [1.82, 2.24) is 20.0 Å². The fraction of sp³-hybridized carbons (Fsp3) is 0.545. The SMILES string of the molecule is Cc1ccc(NC(=O)N2CCN(C(=O)C(C)N3C(=O)NC4(CCCC4)C3=O)CC2)cc1Cl. The van der Waals surface area contributed by atoms with Crippen molar-refractivity contribution in [3.8, 4) is 0 Å². The van der Waals surface area contributed by atoms with E-state index >= 15 is 0 Å². The van der Waals surface area contributed by atoms with Crippen molar-refractivity contribution in [3.63, 3.8) is 0 Å².